The summed E-state index contributed by atoms with van der Waals surface area (Å²) < 4.78 is 7.32. The van der Waals surface area contributed by atoms with E-state index in [-0.39, 0.29) is 0 Å². The minimum atomic E-state index is 0.573. The van der Waals surface area contributed by atoms with Crippen LogP contribution in [-0.4, -0.2) is 21.4 Å². The Bertz CT molecular complexity index is 2060. The number of benzene rings is 5. The number of nitrogens with zero attached hydrogens (tertiary/aromatic N) is 3. The molecular formula is C44H43N3OS. The van der Waals surface area contributed by atoms with E-state index >= 15 is 0 Å². The van der Waals surface area contributed by atoms with Crippen molar-refractivity contribution in [2.24, 2.45) is 0 Å². The molecule has 0 saturated carbocycles. The lowest BCUT2D eigenvalue weighted by molar-refractivity contribution is 0.360. The van der Waals surface area contributed by atoms with E-state index in [1.165, 1.54) is 43.8 Å². The number of rotatable bonds is 7. The van der Waals surface area contributed by atoms with Crippen molar-refractivity contribution in [3.05, 3.63) is 180 Å². The van der Waals surface area contributed by atoms with E-state index in [9.17, 15) is 0 Å². The Labute approximate surface area is 295 Å². The van der Waals surface area contributed by atoms with Crippen molar-refractivity contribution in [3.8, 4) is 44.4 Å². The van der Waals surface area contributed by atoms with Crippen molar-refractivity contribution >= 4 is 11.3 Å². The van der Waals surface area contributed by atoms with Crippen LogP contribution < -0.4 is 4.74 Å². The van der Waals surface area contributed by atoms with Gasteiger partial charge in [-0.2, -0.15) is 5.10 Å². The first kappa shape index (κ1) is 34.8. The first-order valence-electron chi connectivity index (χ1n) is 16.4. The number of aryl methyl sites for hydroxylation is 5. The molecule has 0 radical (unpaired) electrons. The fourth-order valence-corrected chi connectivity index (χ4v) is 5.85. The average Bonchev–Trinajstić information content (AvgIpc) is 3.80. The van der Waals surface area contributed by atoms with Gasteiger partial charge < -0.3 is 4.74 Å². The summed E-state index contributed by atoms with van der Waals surface area (Å²) in [6.07, 6.45) is 5.66. The quantitative estimate of drug-likeness (QED) is 0.160. The van der Waals surface area contributed by atoms with E-state index < -0.39 is 0 Å². The lowest BCUT2D eigenvalue weighted by atomic mass is 10.0. The molecule has 0 aliphatic carbocycles. The molecule has 0 N–H and O–H groups in total. The second-order valence-electron chi connectivity index (χ2n) is 11.9. The number of thiazole rings is 1. The molecule has 246 valence electrons. The maximum absolute atomic E-state index is 5.42. The van der Waals surface area contributed by atoms with Crippen LogP contribution in [0.1, 0.15) is 27.1 Å². The van der Waals surface area contributed by atoms with Crippen LogP contribution in [0.15, 0.2) is 152 Å². The van der Waals surface area contributed by atoms with E-state index in [0.717, 1.165) is 27.7 Å². The molecule has 0 atom stereocenters. The lowest BCUT2D eigenvalue weighted by Gasteiger charge is -2.06. The molecule has 0 aliphatic heterocycles. The van der Waals surface area contributed by atoms with Gasteiger partial charge in [0.2, 0.25) is 0 Å². The molecule has 7 rings (SSSR count). The van der Waals surface area contributed by atoms with Gasteiger partial charge in [0, 0.05) is 28.4 Å². The Balaban J connectivity index is 0.000000147. The molecular weight excluding hydrogens is 619 g/mol. The molecule has 5 aromatic carbocycles. The van der Waals surface area contributed by atoms with Gasteiger partial charge in [0.15, 0.2) is 0 Å². The Morgan fingerprint density at radius 3 is 1.80 bits per heavy atom. The van der Waals surface area contributed by atoms with Crippen molar-refractivity contribution in [2.75, 3.05) is 6.61 Å². The monoisotopic (exact) mass is 661 g/mol. The molecule has 0 saturated heterocycles. The summed E-state index contributed by atoms with van der Waals surface area (Å²) in [5.74, 6) is 0.945. The topological polar surface area (TPSA) is 39.9 Å². The molecule has 0 fully saturated rings. The van der Waals surface area contributed by atoms with Crippen LogP contribution in [0.2, 0.25) is 0 Å². The fraction of sp³-hybridized carbons (Fsp3) is 0.136. The summed E-state index contributed by atoms with van der Waals surface area (Å²) >= 11 is 1.73. The summed E-state index contributed by atoms with van der Waals surface area (Å²) in [5, 5.41) is 5.69. The first-order chi connectivity index (χ1) is 23.8. The molecule has 2 heterocycles. The smallest absolute Gasteiger partial charge is 0.123 e. The zero-order chi connectivity index (χ0) is 34.6. The molecule has 7 aromatic rings. The third-order valence-corrected chi connectivity index (χ3v) is 8.74. The standard InChI is InChI=1S/C17H15NS.C16H14N2.C11H14O/c1-12-3-5-14(6-4-12)15-7-9-16(10-8-15)17-18-11-13(2)19-17;1-13-7-9-14(10-8-13)16-11-12-18(17-16)15-5-3-2-4-6-15;1-4-7-12-11-6-5-9(2)8-10(11)3/h3-11H,1-2H3;2-12H,1H3;4-6,8H,1,7H2,2-3H3. The molecule has 5 heteroatoms. The molecule has 0 amide bonds. The second kappa shape index (κ2) is 17.0. The van der Waals surface area contributed by atoms with E-state index in [1.54, 1.807) is 17.4 Å². The van der Waals surface area contributed by atoms with Crippen LogP contribution >= 0.6 is 11.3 Å². The summed E-state index contributed by atoms with van der Waals surface area (Å²) in [6.45, 7) is 14.6. The first-order valence-corrected chi connectivity index (χ1v) is 17.2. The van der Waals surface area contributed by atoms with Gasteiger partial charge in [0.1, 0.15) is 17.4 Å². The average molecular weight is 662 g/mol. The van der Waals surface area contributed by atoms with E-state index in [0.29, 0.717) is 6.61 Å². The Hall–Kier alpha value is -5.52. The Morgan fingerprint density at radius 1 is 0.653 bits per heavy atom. The van der Waals surface area contributed by atoms with Crippen molar-refractivity contribution in [2.45, 2.75) is 34.6 Å². The van der Waals surface area contributed by atoms with Crippen LogP contribution in [0.25, 0.3) is 38.6 Å². The highest BCUT2D eigenvalue weighted by Gasteiger charge is 2.05. The fourth-order valence-electron chi connectivity index (χ4n) is 5.08. The molecule has 0 unspecified atom stereocenters. The van der Waals surface area contributed by atoms with E-state index in [1.807, 2.05) is 72.5 Å². The highest BCUT2D eigenvalue weighted by Crippen LogP contribution is 2.28. The summed E-state index contributed by atoms with van der Waals surface area (Å²) in [4.78, 5) is 5.67. The van der Waals surface area contributed by atoms with Crippen LogP contribution in [0, 0.1) is 34.6 Å². The SMILES string of the molecule is C=CCOc1ccc(C)cc1C.Cc1ccc(-c2ccc(-c3ncc(C)s3)cc2)cc1.Cc1ccc(-c2ccn(-c3ccccc3)n2)cc1. The molecule has 2 aromatic heterocycles. The highest BCUT2D eigenvalue weighted by atomic mass is 32.1. The predicted molar refractivity (Wildman–Crippen MR) is 208 cm³/mol. The summed E-state index contributed by atoms with van der Waals surface area (Å²) in [7, 11) is 0. The van der Waals surface area contributed by atoms with Gasteiger partial charge in [-0.3, -0.25) is 0 Å². The maximum atomic E-state index is 5.42. The number of aromatic nitrogens is 3. The third-order valence-electron chi connectivity index (χ3n) is 7.78. The molecule has 4 nitrogen and oxygen atoms in total. The lowest BCUT2D eigenvalue weighted by Crippen LogP contribution is -1.94. The van der Waals surface area contributed by atoms with Gasteiger partial charge in [0.25, 0.3) is 0 Å². The normalized spacial score (nSPS) is 10.3. The molecule has 0 aliphatic rings. The minimum Gasteiger partial charge on any atom is -0.489 e. The van der Waals surface area contributed by atoms with Crippen molar-refractivity contribution in [1.82, 2.24) is 14.8 Å². The van der Waals surface area contributed by atoms with Crippen molar-refractivity contribution < 1.29 is 4.74 Å². The van der Waals surface area contributed by atoms with Gasteiger partial charge in [-0.1, -0.05) is 132 Å². The zero-order valence-corrected chi connectivity index (χ0v) is 29.7. The number of hydrogen-bond acceptors (Lipinski definition) is 4. The van der Waals surface area contributed by atoms with Crippen LogP contribution in [0.5, 0.6) is 5.75 Å². The predicted octanol–water partition coefficient (Wildman–Crippen LogP) is 11.8. The zero-order valence-electron chi connectivity index (χ0n) is 28.9. The Morgan fingerprint density at radius 2 is 1.22 bits per heavy atom. The van der Waals surface area contributed by atoms with Crippen LogP contribution in [-0.2, 0) is 0 Å². The van der Waals surface area contributed by atoms with Crippen molar-refractivity contribution in [1.29, 1.82) is 0 Å². The summed E-state index contributed by atoms with van der Waals surface area (Å²) in [5.41, 5.74) is 11.9. The van der Waals surface area contributed by atoms with E-state index in [2.05, 4.69) is 123 Å². The minimum absolute atomic E-state index is 0.573. The largest absolute Gasteiger partial charge is 0.489 e. The van der Waals surface area contributed by atoms with Gasteiger partial charge in [-0.15, -0.1) is 11.3 Å². The molecule has 49 heavy (non-hydrogen) atoms. The van der Waals surface area contributed by atoms with Crippen LogP contribution in [0.3, 0.4) is 0 Å². The van der Waals surface area contributed by atoms with Crippen LogP contribution in [0.4, 0.5) is 0 Å². The van der Waals surface area contributed by atoms with Gasteiger partial charge >= 0.3 is 0 Å². The van der Waals surface area contributed by atoms with Gasteiger partial charge in [-0.05, 0) is 75.6 Å². The Kier molecular flexibility index (Phi) is 12.1. The molecule has 0 bridgehead atoms. The van der Waals surface area contributed by atoms with Gasteiger partial charge in [-0.25, -0.2) is 9.67 Å². The van der Waals surface area contributed by atoms with Gasteiger partial charge in [0.05, 0.1) is 11.4 Å². The maximum Gasteiger partial charge on any atom is 0.123 e. The van der Waals surface area contributed by atoms with Crippen molar-refractivity contribution in [3.63, 3.8) is 0 Å². The van der Waals surface area contributed by atoms with E-state index in [4.69, 9.17) is 4.74 Å². The number of para-hydroxylation sites is 1. The number of ether oxygens (including phenoxy) is 1. The number of hydrogen-bond donors (Lipinski definition) is 0. The highest BCUT2D eigenvalue weighted by molar-refractivity contribution is 7.14. The third kappa shape index (κ3) is 9.99. The molecule has 0 spiro atoms. The second-order valence-corrected chi connectivity index (χ2v) is 13.2. The summed E-state index contributed by atoms with van der Waals surface area (Å²) in [6, 6.07) is 44.0.